The van der Waals surface area contributed by atoms with Gasteiger partial charge >= 0.3 is 12.0 Å². The lowest BCUT2D eigenvalue weighted by atomic mass is 10.0. The molecule has 3 aromatic rings. The molecule has 0 aliphatic heterocycles. The minimum atomic E-state index is -1.13. The quantitative estimate of drug-likeness (QED) is 0.486. The molecule has 0 spiro atoms. The van der Waals surface area contributed by atoms with Gasteiger partial charge in [-0.15, -0.1) is 0 Å². The zero-order chi connectivity index (χ0) is 23.6. The first kappa shape index (κ1) is 23.7. The van der Waals surface area contributed by atoms with E-state index in [-0.39, 0.29) is 13.0 Å². The summed E-state index contributed by atoms with van der Waals surface area (Å²) in [6, 6.07) is 24.4. The lowest BCUT2D eigenvalue weighted by Gasteiger charge is -2.23. The Morgan fingerprint density at radius 1 is 0.879 bits per heavy atom. The minimum Gasteiger partial charge on any atom is -0.480 e. The van der Waals surface area contributed by atoms with Gasteiger partial charge in [-0.25, -0.2) is 9.59 Å². The molecule has 6 nitrogen and oxygen atoms in total. The number of amides is 3. The Bertz CT molecular complexity index is 1080. The summed E-state index contributed by atoms with van der Waals surface area (Å²) in [5.41, 5.74) is 3.18. The van der Waals surface area contributed by atoms with Crippen molar-refractivity contribution in [2.45, 2.75) is 32.2 Å². The van der Waals surface area contributed by atoms with Crippen LogP contribution in [0, 0.1) is 0 Å². The molecule has 170 valence electrons. The van der Waals surface area contributed by atoms with E-state index in [0.29, 0.717) is 18.4 Å². The van der Waals surface area contributed by atoms with Crippen LogP contribution >= 0.6 is 0 Å². The number of urea groups is 1. The minimum absolute atomic E-state index is 0.186. The van der Waals surface area contributed by atoms with Gasteiger partial charge in [-0.3, -0.25) is 9.69 Å². The summed E-state index contributed by atoms with van der Waals surface area (Å²) < 4.78 is 0. The van der Waals surface area contributed by atoms with Crippen molar-refractivity contribution in [2.75, 3.05) is 6.54 Å². The molecule has 6 heteroatoms. The summed E-state index contributed by atoms with van der Waals surface area (Å²) in [7, 11) is 0. The summed E-state index contributed by atoms with van der Waals surface area (Å²) in [4.78, 5) is 39.0. The molecule has 3 amide bonds. The number of aliphatic carboxylic acids is 1. The summed E-state index contributed by atoms with van der Waals surface area (Å²) in [5.74, 6) is -1.59. The fourth-order valence-electron chi connectivity index (χ4n) is 3.58. The monoisotopic (exact) mass is 444 g/mol. The van der Waals surface area contributed by atoms with E-state index in [1.807, 2.05) is 73.7 Å². The second kappa shape index (κ2) is 11.6. The zero-order valence-electron chi connectivity index (χ0n) is 18.6. The van der Waals surface area contributed by atoms with Crippen LogP contribution in [0.4, 0.5) is 4.79 Å². The van der Waals surface area contributed by atoms with E-state index in [1.54, 1.807) is 18.2 Å². The number of rotatable bonds is 9. The van der Waals surface area contributed by atoms with Crippen LogP contribution < -0.4 is 5.32 Å². The van der Waals surface area contributed by atoms with Crippen LogP contribution in [0.25, 0.3) is 11.1 Å². The van der Waals surface area contributed by atoms with Crippen LogP contribution in [0.3, 0.4) is 0 Å². The van der Waals surface area contributed by atoms with Crippen LogP contribution in [0.5, 0.6) is 0 Å². The van der Waals surface area contributed by atoms with Crippen molar-refractivity contribution in [1.82, 2.24) is 10.2 Å². The first-order valence-corrected chi connectivity index (χ1v) is 11.0. The highest BCUT2D eigenvalue weighted by Gasteiger charge is 2.27. The first-order valence-electron chi connectivity index (χ1n) is 11.0. The Balaban J connectivity index is 1.74. The van der Waals surface area contributed by atoms with E-state index in [9.17, 15) is 19.5 Å². The number of aryl methyl sites for hydroxylation is 1. The first-order chi connectivity index (χ1) is 16.0. The van der Waals surface area contributed by atoms with Gasteiger partial charge < -0.3 is 10.4 Å². The van der Waals surface area contributed by atoms with Gasteiger partial charge in [-0.2, -0.15) is 0 Å². The van der Waals surface area contributed by atoms with E-state index >= 15 is 0 Å². The maximum atomic E-state index is 13.2. The normalized spacial score (nSPS) is 11.4. The van der Waals surface area contributed by atoms with Crippen molar-refractivity contribution in [3.8, 4) is 11.1 Å². The van der Waals surface area contributed by atoms with Gasteiger partial charge in [-0.1, -0.05) is 79.7 Å². The predicted molar refractivity (Wildman–Crippen MR) is 128 cm³/mol. The Morgan fingerprint density at radius 3 is 2.15 bits per heavy atom. The number of benzene rings is 3. The summed E-state index contributed by atoms with van der Waals surface area (Å²) in [5, 5.41) is 12.1. The molecule has 0 heterocycles. The molecule has 3 aromatic carbocycles. The van der Waals surface area contributed by atoms with Crippen molar-refractivity contribution in [1.29, 1.82) is 0 Å². The Kier molecular flexibility index (Phi) is 8.36. The molecule has 0 aliphatic rings. The number of imide groups is 1. The van der Waals surface area contributed by atoms with Crippen LogP contribution in [-0.4, -0.2) is 40.5 Å². The number of hydrogen-bond acceptors (Lipinski definition) is 3. The maximum absolute atomic E-state index is 13.2. The molecule has 2 N–H and O–H groups in total. The SMILES string of the molecule is CCCN(C(=O)N[C@@H](CCc1ccccc1)C(=O)O)C(=O)c1cccc(-c2ccccc2)c1. The average Bonchev–Trinajstić information content (AvgIpc) is 2.85. The number of nitrogens with zero attached hydrogens (tertiary/aromatic N) is 1. The van der Waals surface area contributed by atoms with Gasteiger partial charge in [0.1, 0.15) is 6.04 Å². The second-order valence-corrected chi connectivity index (χ2v) is 7.77. The molecule has 3 rings (SSSR count). The molecule has 0 aromatic heterocycles. The van der Waals surface area contributed by atoms with Crippen LogP contribution in [0.2, 0.25) is 0 Å². The summed E-state index contributed by atoms with van der Waals surface area (Å²) in [6.07, 6.45) is 1.28. The highest BCUT2D eigenvalue weighted by Crippen LogP contribution is 2.21. The molecule has 0 fully saturated rings. The molecule has 0 radical (unpaired) electrons. The molecular weight excluding hydrogens is 416 g/mol. The van der Waals surface area contributed by atoms with Crippen molar-refractivity contribution >= 4 is 17.9 Å². The predicted octanol–water partition coefficient (Wildman–Crippen LogP) is 5.00. The Hall–Kier alpha value is -3.93. The number of carbonyl (C=O) groups excluding carboxylic acids is 2. The maximum Gasteiger partial charge on any atom is 0.326 e. The number of carboxylic acid groups (broad SMARTS) is 1. The summed E-state index contributed by atoms with van der Waals surface area (Å²) >= 11 is 0. The lowest BCUT2D eigenvalue weighted by Crippen LogP contribution is -2.50. The number of carbonyl (C=O) groups is 3. The second-order valence-electron chi connectivity index (χ2n) is 7.77. The highest BCUT2D eigenvalue weighted by molar-refractivity contribution is 6.05. The number of nitrogens with one attached hydrogen (secondary N) is 1. The van der Waals surface area contributed by atoms with Crippen LogP contribution in [0.15, 0.2) is 84.9 Å². The smallest absolute Gasteiger partial charge is 0.326 e. The van der Waals surface area contributed by atoms with Crippen molar-refractivity contribution in [2.24, 2.45) is 0 Å². The van der Waals surface area contributed by atoms with Gasteiger partial charge in [0.05, 0.1) is 0 Å². The zero-order valence-corrected chi connectivity index (χ0v) is 18.6. The molecule has 33 heavy (non-hydrogen) atoms. The third-order valence-corrected chi connectivity index (χ3v) is 5.31. The molecule has 0 aliphatic carbocycles. The van der Waals surface area contributed by atoms with Crippen LogP contribution in [0.1, 0.15) is 35.7 Å². The largest absolute Gasteiger partial charge is 0.480 e. The number of carboxylic acids is 1. The Morgan fingerprint density at radius 2 is 1.52 bits per heavy atom. The van der Waals surface area contributed by atoms with Gasteiger partial charge in [0.2, 0.25) is 0 Å². The lowest BCUT2D eigenvalue weighted by molar-refractivity contribution is -0.139. The Labute approximate surface area is 193 Å². The van der Waals surface area contributed by atoms with Crippen molar-refractivity contribution in [3.05, 3.63) is 96.1 Å². The van der Waals surface area contributed by atoms with E-state index < -0.39 is 23.9 Å². The molecule has 0 saturated heterocycles. The van der Waals surface area contributed by atoms with Gasteiger partial charge in [-0.05, 0) is 48.1 Å². The number of hydrogen-bond donors (Lipinski definition) is 2. The fourth-order valence-corrected chi connectivity index (χ4v) is 3.58. The molecule has 0 unspecified atom stereocenters. The molecule has 0 saturated carbocycles. The third-order valence-electron chi connectivity index (χ3n) is 5.31. The molecule has 1 atom stereocenters. The van der Waals surface area contributed by atoms with Gasteiger partial charge in [0.15, 0.2) is 0 Å². The fraction of sp³-hybridized carbons (Fsp3) is 0.222. The van der Waals surface area contributed by atoms with Crippen LogP contribution in [-0.2, 0) is 11.2 Å². The highest BCUT2D eigenvalue weighted by atomic mass is 16.4. The standard InChI is InChI=1S/C27H28N2O4/c1-2-18-29(25(30)23-15-9-14-22(19-23)21-12-7-4-8-13-21)27(33)28-24(26(31)32)17-16-20-10-5-3-6-11-20/h3-15,19,24H,2,16-18H2,1H3,(H,28,33)(H,31,32)/t24-/m0/s1. The molecular formula is C27H28N2O4. The van der Waals surface area contributed by atoms with Gasteiger partial charge in [0, 0.05) is 12.1 Å². The van der Waals surface area contributed by atoms with Crippen molar-refractivity contribution in [3.63, 3.8) is 0 Å². The van der Waals surface area contributed by atoms with E-state index in [2.05, 4.69) is 5.32 Å². The summed E-state index contributed by atoms with van der Waals surface area (Å²) in [6.45, 7) is 2.04. The van der Waals surface area contributed by atoms with E-state index in [0.717, 1.165) is 21.6 Å². The third kappa shape index (κ3) is 6.53. The average molecular weight is 445 g/mol. The topological polar surface area (TPSA) is 86.7 Å². The van der Waals surface area contributed by atoms with E-state index in [1.165, 1.54) is 0 Å². The van der Waals surface area contributed by atoms with E-state index in [4.69, 9.17) is 0 Å². The molecule has 0 bridgehead atoms. The van der Waals surface area contributed by atoms with Gasteiger partial charge in [0.25, 0.3) is 5.91 Å². The van der Waals surface area contributed by atoms with Crippen molar-refractivity contribution < 1.29 is 19.5 Å².